The molecule has 1 aromatic heterocycles. The van der Waals surface area contributed by atoms with Gasteiger partial charge in [0.2, 0.25) is 10.0 Å². The smallest absolute Gasteiger partial charge is 0.306 e. The quantitative estimate of drug-likeness (QED) is 0.630. The number of hydrogen-bond acceptors (Lipinski definition) is 3. The van der Waals surface area contributed by atoms with Gasteiger partial charge in [0.05, 0.1) is 16.8 Å². The molecule has 132 valence electrons. The molecular formula is C17H18FN3O3S. The molecule has 0 bridgehead atoms. The van der Waals surface area contributed by atoms with Crippen LogP contribution in [0.25, 0.3) is 11.0 Å². The standard InChI is InChI=1S/C17H18FN3O3S/c18-14-8-6-13(7-9-14)12-25(23,24)19-10-3-11-21-16-5-2-1-4-15(16)20-17(21)22/h1-2,4-9,19H,3,10-12H2,(H,20,22). The molecule has 0 unspecified atom stereocenters. The number of fused-ring (bicyclic) bond motifs is 1. The Balaban J connectivity index is 1.56. The van der Waals surface area contributed by atoms with Crippen LogP contribution < -0.4 is 10.4 Å². The summed E-state index contributed by atoms with van der Waals surface area (Å²) >= 11 is 0. The Labute approximate surface area is 144 Å². The number of imidazole rings is 1. The molecule has 3 rings (SSSR count). The fraction of sp³-hybridized carbons (Fsp3) is 0.235. The van der Waals surface area contributed by atoms with E-state index in [4.69, 9.17) is 0 Å². The highest BCUT2D eigenvalue weighted by atomic mass is 32.2. The topological polar surface area (TPSA) is 84.0 Å². The lowest BCUT2D eigenvalue weighted by atomic mass is 10.2. The molecule has 8 heteroatoms. The normalized spacial score (nSPS) is 11.9. The molecule has 0 aliphatic rings. The average molecular weight is 363 g/mol. The summed E-state index contributed by atoms with van der Waals surface area (Å²) in [7, 11) is -3.51. The molecule has 0 atom stereocenters. The highest BCUT2D eigenvalue weighted by Gasteiger charge is 2.11. The molecule has 3 aromatic rings. The number of hydrogen-bond donors (Lipinski definition) is 2. The summed E-state index contributed by atoms with van der Waals surface area (Å²) < 4.78 is 41.0. The predicted molar refractivity (Wildman–Crippen MR) is 94.2 cm³/mol. The van der Waals surface area contributed by atoms with E-state index in [1.165, 1.54) is 24.3 Å². The second-order valence-electron chi connectivity index (χ2n) is 5.73. The molecule has 2 N–H and O–H groups in total. The molecule has 0 amide bonds. The van der Waals surface area contributed by atoms with Crippen LogP contribution in [0.3, 0.4) is 0 Å². The first-order valence-corrected chi connectivity index (χ1v) is 9.49. The van der Waals surface area contributed by atoms with Crippen molar-refractivity contribution < 1.29 is 12.8 Å². The molecule has 0 aliphatic carbocycles. The first-order chi connectivity index (χ1) is 11.9. The number of aromatic amines is 1. The molecule has 0 fully saturated rings. The molecule has 6 nitrogen and oxygen atoms in total. The van der Waals surface area contributed by atoms with Crippen LogP contribution in [-0.2, 0) is 22.3 Å². The monoisotopic (exact) mass is 363 g/mol. The maximum Gasteiger partial charge on any atom is 0.326 e. The zero-order chi connectivity index (χ0) is 17.9. The molecule has 0 aliphatic heterocycles. The number of nitrogens with one attached hydrogen (secondary N) is 2. The van der Waals surface area contributed by atoms with Crippen molar-refractivity contribution in [3.05, 3.63) is 70.4 Å². The minimum Gasteiger partial charge on any atom is -0.306 e. The molecule has 0 saturated carbocycles. The number of rotatable bonds is 7. The summed E-state index contributed by atoms with van der Waals surface area (Å²) in [6.45, 7) is 0.622. The zero-order valence-electron chi connectivity index (χ0n) is 13.4. The van der Waals surface area contributed by atoms with Crippen LogP contribution in [0.1, 0.15) is 12.0 Å². The van der Waals surface area contributed by atoms with Gasteiger partial charge in [0, 0.05) is 13.1 Å². The summed E-state index contributed by atoms with van der Waals surface area (Å²) in [6.07, 6.45) is 0.477. The van der Waals surface area contributed by atoms with Crippen molar-refractivity contribution >= 4 is 21.1 Å². The molecule has 25 heavy (non-hydrogen) atoms. The molecular weight excluding hydrogens is 345 g/mol. The van der Waals surface area contributed by atoms with E-state index in [0.29, 0.717) is 18.5 Å². The van der Waals surface area contributed by atoms with Gasteiger partial charge in [0.25, 0.3) is 0 Å². The van der Waals surface area contributed by atoms with Crippen LogP contribution in [0.2, 0.25) is 0 Å². The third kappa shape index (κ3) is 4.34. The predicted octanol–water partition coefficient (Wildman–Crippen LogP) is 1.98. The van der Waals surface area contributed by atoms with E-state index in [9.17, 15) is 17.6 Å². The van der Waals surface area contributed by atoms with Crippen LogP contribution in [0, 0.1) is 5.82 Å². The highest BCUT2D eigenvalue weighted by Crippen LogP contribution is 2.09. The van der Waals surface area contributed by atoms with E-state index in [1.807, 2.05) is 24.3 Å². The Morgan fingerprint density at radius 2 is 1.80 bits per heavy atom. The molecule has 1 heterocycles. The van der Waals surface area contributed by atoms with Crippen molar-refractivity contribution in [2.45, 2.75) is 18.7 Å². The van der Waals surface area contributed by atoms with Crippen LogP contribution >= 0.6 is 0 Å². The van der Waals surface area contributed by atoms with E-state index in [1.54, 1.807) is 4.57 Å². The summed E-state index contributed by atoms with van der Waals surface area (Å²) in [4.78, 5) is 14.7. The lowest BCUT2D eigenvalue weighted by molar-refractivity contribution is 0.568. The molecule has 0 saturated heterocycles. The molecule has 2 aromatic carbocycles. The maximum absolute atomic E-state index is 12.9. The number of halogens is 1. The minimum absolute atomic E-state index is 0.208. The largest absolute Gasteiger partial charge is 0.326 e. The Morgan fingerprint density at radius 1 is 1.08 bits per heavy atom. The summed E-state index contributed by atoms with van der Waals surface area (Å²) in [5.74, 6) is -0.612. The number of aryl methyl sites for hydroxylation is 1. The van der Waals surface area contributed by atoms with E-state index in [2.05, 4.69) is 9.71 Å². The Bertz CT molecular complexity index is 1020. The first kappa shape index (κ1) is 17.4. The number of para-hydroxylation sites is 2. The minimum atomic E-state index is -3.51. The van der Waals surface area contributed by atoms with Gasteiger partial charge in [-0.1, -0.05) is 24.3 Å². The third-order valence-corrected chi connectivity index (χ3v) is 5.19. The number of H-pyrrole nitrogens is 1. The summed E-state index contributed by atoms with van der Waals surface area (Å²) in [5.41, 5.74) is 1.85. The van der Waals surface area contributed by atoms with Gasteiger partial charge in [0.15, 0.2) is 0 Å². The molecule has 0 spiro atoms. The van der Waals surface area contributed by atoms with Gasteiger partial charge < -0.3 is 4.98 Å². The number of sulfonamides is 1. The number of benzene rings is 2. The van der Waals surface area contributed by atoms with E-state index in [0.717, 1.165) is 11.0 Å². The Hall–Kier alpha value is -2.45. The van der Waals surface area contributed by atoms with E-state index >= 15 is 0 Å². The average Bonchev–Trinajstić information content (AvgIpc) is 2.89. The Kier molecular flexibility index (Phi) is 5.00. The van der Waals surface area contributed by atoms with E-state index in [-0.39, 0.29) is 18.0 Å². The van der Waals surface area contributed by atoms with Gasteiger partial charge in [-0.2, -0.15) is 0 Å². The number of nitrogens with zero attached hydrogens (tertiary/aromatic N) is 1. The van der Waals surface area contributed by atoms with Gasteiger partial charge >= 0.3 is 5.69 Å². The Morgan fingerprint density at radius 3 is 2.56 bits per heavy atom. The van der Waals surface area contributed by atoms with Crippen LogP contribution in [0.4, 0.5) is 4.39 Å². The fourth-order valence-electron chi connectivity index (χ4n) is 2.64. The van der Waals surface area contributed by atoms with E-state index < -0.39 is 15.8 Å². The van der Waals surface area contributed by atoms with Gasteiger partial charge in [-0.15, -0.1) is 0 Å². The van der Waals surface area contributed by atoms with Gasteiger partial charge in [-0.05, 0) is 36.2 Å². The lowest BCUT2D eigenvalue weighted by Gasteiger charge is -2.07. The van der Waals surface area contributed by atoms with Crippen LogP contribution in [0.5, 0.6) is 0 Å². The summed E-state index contributed by atoms with van der Waals surface area (Å²) in [5, 5.41) is 0. The van der Waals surface area contributed by atoms with Crippen LogP contribution in [0.15, 0.2) is 53.3 Å². The fourth-order valence-corrected chi connectivity index (χ4v) is 3.83. The van der Waals surface area contributed by atoms with Gasteiger partial charge in [-0.25, -0.2) is 22.3 Å². The summed E-state index contributed by atoms with van der Waals surface area (Å²) in [6, 6.07) is 12.7. The lowest BCUT2D eigenvalue weighted by Crippen LogP contribution is -2.27. The third-order valence-electron chi connectivity index (χ3n) is 3.83. The second kappa shape index (κ2) is 7.20. The van der Waals surface area contributed by atoms with Crippen LogP contribution in [-0.4, -0.2) is 24.5 Å². The first-order valence-electron chi connectivity index (χ1n) is 7.84. The van der Waals surface area contributed by atoms with Crippen molar-refractivity contribution in [3.63, 3.8) is 0 Å². The van der Waals surface area contributed by atoms with Gasteiger partial charge in [0.1, 0.15) is 5.82 Å². The van der Waals surface area contributed by atoms with Crippen molar-refractivity contribution in [2.24, 2.45) is 0 Å². The SMILES string of the molecule is O=c1[nH]c2ccccc2n1CCCNS(=O)(=O)Cc1ccc(F)cc1. The highest BCUT2D eigenvalue weighted by molar-refractivity contribution is 7.88. The zero-order valence-corrected chi connectivity index (χ0v) is 14.2. The second-order valence-corrected chi connectivity index (χ2v) is 7.54. The van der Waals surface area contributed by atoms with Gasteiger partial charge in [-0.3, -0.25) is 4.57 Å². The number of aromatic nitrogens is 2. The maximum atomic E-state index is 12.9. The van der Waals surface area contributed by atoms with Crippen molar-refractivity contribution in [2.75, 3.05) is 6.54 Å². The van der Waals surface area contributed by atoms with Crippen molar-refractivity contribution in [3.8, 4) is 0 Å². The van der Waals surface area contributed by atoms with Crippen molar-refractivity contribution in [1.29, 1.82) is 0 Å². The van der Waals surface area contributed by atoms with Crippen molar-refractivity contribution in [1.82, 2.24) is 14.3 Å². The molecule has 0 radical (unpaired) electrons.